The van der Waals surface area contributed by atoms with Crippen molar-refractivity contribution in [3.63, 3.8) is 0 Å². The second-order valence-electron chi connectivity index (χ2n) is 15.3. The lowest BCUT2D eigenvalue weighted by atomic mass is 10.1. The number of ether oxygens (including phenoxy) is 2. The van der Waals surface area contributed by atoms with E-state index in [0.717, 1.165) is 38.5 Å². The fraction of sp³-hybridized carbons (Fsp3) is 0.867. The highest BCUT2D eigenvalue weighted by Gasteiger charge is 2.26. The summed E-state index contributed by atoms with van der Waals surface area (Å²) in [6.45, 7) is 3.73. The smallest absolute Gasteiger partial charge is 0.462 e. The zero-order chi connectivity index (χ0) is 40.3. The number of nitrogens with two attached hydrogens (primary N) is 1. The molecule has 0 aliphatic heterocycles. The van der Waals surface area contributed by atoms with Gasteiger partial charge in [0, 0.05) is 19.4 Å². The third-order valence-corrected chi connectivity index (χ3v) is 10.8. The Balaban J connectivity index is 4.10. The molecule has 0 spiro atoms. The molecule has 9 nitrogen and oxygen atoms in total. The molecule has 2 atom stereocenters. The van der Waals surface area contributed by atoms with Crippen LogP contribution in [0.25, 0.3) is 0 Å². The number of phosphoric acid groups is 1. The fourth-order valence-corrected chi connectivity index (χ4v) is 7.15. The molecule has 0 aromatic rings. The number of phosphoric ester groups is 1. The summed E-state index contributed by atoms with van der Waals surface area (Å²) >= 11 is 0. The van der Waals surface area contributed by atoms with Gasteiger partial charge in [-0.15, -0.1) is 0 Å². The van der Waals surface area contributed by atoms with Crippen molar-refractivity contribution in [2.45, 2.75) is 225 Å². The molecular weight excluding hydrogens is 713 g/mol. The van der Waals surface area contributed by atoms with E-state index in [1.165, 1.54) is 148 Å². The van der Waals surface area contributed by atoms with Crippen molar-refractivity contribution in [1.82, 2.24) is 0 Å². The van der Waals surface area contributed by atoms with E-state index in [9.17, 15) is 19.0 Å². The Bertz CT molecular complexity index is 959. The molecule has 0 aliphatic carbocycles. The minimum absolute atomic E-state index is 0.0541. The van der Waals surface area contributed by atoms with Gasteiger partial charge in [0.25, 0.3) is 0 Å². The van der Waals surface area contributed by atoms with Crippen LogP contribution in [-0.2, 0) is 32.7 Å². The van der Waals surface area contributed by atoms with Crippen LogP contribution in [0, 0.1) is 0 Å². The number of esters is 2. The van der Waals surface area contributed by atoms with Crippen molar-refractivity contribution in [3.05, 3.63) is 24.3 Å². The second-order valence-corrected chi connectivity index (χ2v) is 16.7. The van der Waals surface area contributed by atoms with Crippen molar-refractivity contribution in [1.29, 1.82) is 0 Å². The molecule has 0 saturated carbocycles. The highest BCUT2D eigenvalue weighted by Crippen LogP contribution is 2.43. The molecule has 0 aromatic carbocycles. The molecule has 0 rings (SSSR count). The summed E-state index contributed by atoms with van der Waals surface area (Å²) in [5, 5.41) is 0. The van der Waals surface area contributed by atoms with Gasteiger partial charge in [0.1, 0.15) is 6.61 Å². The van der Waals surface area contributed by atoms with Gasteiger partial charge in [-0.2, -0.15) is 0 Å². The standard InChI is InChI=1S/C45H86NO8P/c1-3-5-7-9-11-13-15-17-19-21-23-25-27-29-31-33-35-37-44(47)51-41-43(42-53-55(49,50)52-40-39-46)54-45(48)38-36-34-32-30-28-26-24-22-20-18-16-14-12-10-8-6-4-2/h13-16,43H,3-12,17-42,46H2,1-2H3,(H,49,50)/b15-13+,16-14+/t43-/m1/s1. The quantitative estimate of drug-likeness (QED) is 0.0267. The van der Waals surface area contributed by atoms with Crippen LogP contribution in [-0.4, -0.2) is 49.3 Å². The number of hydrogen-bond acceptors (Lipinski definition) is 8. The Labute approximate surface area is 338 Å². The van der Waals surface area contributed by atoms with E-state index in [0.29, 0.717) is 6.42 Å². The number of hydrogen-bond donors (Lipinski definition) is 2. The van der Waals surface area contributed by atoms with Crippen LogP contribution in [0.1, 0.15) is 219 Å². The Hall–Kier alpha value is -1.51. The Morgan fingerprint density at radius 1 is 0.527 bits per heavy atom. The number of allylic oxidation sites excluding steroid dienone is 4. The van der Waals surface area contributed by atoms with Gasteiger partial charge in [0.2, 0.25) is 0 Å². The summed E-state index contributed by atoms with van der Waals surface area (Å²) in [5.41, 5.74) is 5.35. The first-order chi connectivity index (χ1) is 26.8. The molecule has 55 heavy (non-hydrogen) atoms. The molecule has 0 heterocycles. The van der Waals surface area contributed by atoms with Crippen LogP contribution < -0.4 is 5.73 Å². The molecule has 0 saturated heterocycles. The minimum Gasteiger partial charge on any atom is -0.462 e. The van der Waals surface area contributed by atoms with E-state index < -0.39 is 26.5 Å². The van der Waals surface area contributed by atoms with E-state index in [-0.39, 0.29) is 38.6 Å². The van der Waals surface area contributed by atoms with Crippen LogP contribution in [0.3, 0.4) is 0 Å². The maximum Gasteiger partial charge on any atom is 0.472 e. The predicted molar refractivity (Wildman–Crippen MR) is 229 cm³/mol. The third kappa shape index (κ3) is 41.9. The number of rotatable bonds is 43. The van der Waals surface area contributed by atoms with Crippen LogP contribution in [0.5, 0.6) is 0 Å². The highest BCUT2D eigenvalue weighted by molar-refractivity contribution is 7.47. The molecule has 0 bridgehead atoms. The molecule has 10 heteroatoms. The first-order valence-electron chi connectivity index (χ1n) is 22.8. The molecule has 3 N–H and O–H groups in total. The van der Waals surface area contributed by atoms with Gasteiger partial charge in [0.15, 0.2) is 6.10 Å². The van der Waals surface area contributed by atoms with Crippen molar-refractivity contribution in [2.75, 3.05) is 26.4 Å². The summed E-state index contributed by atoms with van der Waals surface area (Å²) in [4.78, 5) is 34.9. The van der Waals surface area contributed by atoms with Gasteiger partial charge in [0.05, 0.1) is 13.2 Å². The summed E-state index contributed by atoms with van der Waals surface area (Å²) in [5.74, 6) is -0.826. The third-order valence-electron chi connectivity index (χ3n) is 9.81. The minimum atomic E-state index is -4.38. The number of carbonyl (C=O) groups excluding carboxylic acids is 2. The number of unbranched alkanes of at least 4 members (excludes halogenated alkanes) is 26. The lowest BCUT2D eigenvalue weighted by Crippen LogP contribution is -2.29. The average Bonchev–Trinajstić information content (AvgIpc) is 3.17. The molecule has 0 radical (unpaired) electrons. The van der Waals surface area contributed by atoms with E-state index in [2.05, 4.69) is 38.2 Å². The summed E-state index contributed by atoms with van der Waals surface area (Å²) in [6.07, 6.45) is 44.9. The van der Waals surface area contributed by atoms with E-state index >= 15 is 0 Å². The molecule has 0 aromatic heterocycles. The van der Waals surface area contributed by atoms with Gasteiger partial charge in [-0.25, -0.2) is 4.57 Å². The lowest BCUT2D eigenvalue weighted by molar-refractivity contribution is -0.161. The first kappa shape index (κ1) is 53.5. The van der Waals surface area contributed by atoms with Crippen molar-refractivity contribution >= 4 is 19.8 Å². The van der Waals surface area contributed by atoms with Crippen LogP contribution in [0.15, 0.2) is 24.3 Å². The van der Waals surface area contributed by atoms with Crippen LogP contribution in [0.2, 0.25) is 0 Å². The monoisotopic (exact) mass is 800 g/mol. The van der Waals surface area contributed by atoms with Crippen LogP contribution in [0.4, 0.5) is 0 Å². The van der Waals surface area contributed by atoms with E-state index in [1.807, 2.05) is 0 Å². The molecule has 1 unspecified atom stereocenters. The maximum absolute atomic E-state index is 12.6. The Morgan fingerprint density at radius 3 is 1.29 bits per heavy atom. The predicted octanol–water partition coefficient (Wildman–Crippen LogP) is 13.2. The topological polar surface area (TPSA) is 134 Å². The first-order valence-corrected chi connectivity index (χ1v) is 24.3. The van der Waals surface area contributed by atoms with Gasteiger partial charge in [-0.3, -0.25) is 18.6 Å². The Kier molecular flexibility index (Phi) is 40.9. The summed E-state index contributed by atoms with van der Waals surface area (Å²) < 4.78 is 32.8. The van der Waals surface area contributed by atoms with Gasteiger partial charge in [-0.1, -0.05) is 167 Å². The lowest BCUT2D eigenvalue weighted by Gasteiger charge is -2.19. The largest absolute Gasteiger partial charge is 0.472 e. The molecule has 324 valence electrons. The van der Waals surface area contributed by atoms with E-state index in [1.54, 1.807) is 0 Å². The van der Waals surface area contributed by atoms with Crippen molar-refractivity contribution in [2.24, 2.45) is 5.73 Å². The zero-order valence-corrected chi connectivity index (χ0v) is 36.6. The average molecular weight is 800 g/mol. The SMILES string of the molecule is CCCCCC/C=C/CCCCCCCCCCCC(=O)OC[C@H](COP(=O)(O)OCCN)OC(=O)CCCCCCCCCCC/C=C/CCCCCC. The highest BCUT2D eigenvalue weighted by atomic mass is 31.2. The van der Waals surface area contributed by atoms with Crippen molar-refractivity contribution in [3.8, 4) is 0 Å². The summed E-state index contributed by atoms with van der Waals surface area (Å²) in [6, 6.07) is 0. The van der Waals surface area contributed by atoms with Gasteiger partial charge in [-0.05, 0) is 64.2 Å². The Morgan fingerprint density at radius 2 is 0.891 bits per heavy atom. The zero-order valence-electron chi connectivity index (χ0n) is 35.7. The van der Waals surface area contributed by atoms with Crippen LogP contribution >= 0.6 is 7.82 Å². The molecule has 0 amide bonds. The maximum atomic E-state index is 12.6. The fourth-order valence-electron chi connectivity index (χ4n) is 6.39. The normalized spacial score (nSPS) is 13.5. The van der Waals surface area contributed by atoms with Gasteiger partial charge >= 0.3 is 19.8 Å². The molecule has 0 aliphatic rings. The van der Waals surface area contributed by atoms with Crippen molar-refractivity contribution < 1.29 is 37.6 Å². The van der Waals surface area contributed by atoms with Gasteiger partial charge < -0.3 is 20.1 Å². The summed E-state index contributed by atoms with van der Waals surface area (Å²) in [7, 11) is -4.38. The molecular formula is C45H86NO8P. The van der Waals surface area contributed by atoms with E-state index in [4.69, 9.17) is 24.3 Å². The molecule has 0 fully saturated rings. The number of carbonyl (C=O) groups is 2. The second kappa shape index (κ2) is 42.1.